The van der Waals surface area contributed by atoms with Crippen LogP contribution in [0.2, 0.25) is 0 Å². The Labute approximate surface area is 279 Å². The van der Waals surface area contributed by atoms with Crippen molar-refractivity contribution in [1.29, 1.82) is 5.26 Å². The molecule has 0 unspecified atom stereocenters. The molecule has 2 aliphatic heterocycles. The maximum absolute atomic E-state index is 16.4. The van der Waals surface area contributed by atoms with Gasteiger partial charge in [-0.3, -0.25) is 4.79 Å². The Bertz CT molecular complexity index is 1950. The summed E-state index contributed by atoms with van der Waals surface area (Å²) in [4.78, 5) is 25.9. The number of hydrogen-bond acceptors (Lipinski definition) is 7. The highest BCUT2D eigenvalue weighted by molar-refractivity contribution is 5.79. The quantitative estimate of drug-likeness (QED) is 0.226. The van der Waals surface area contributed by atoms with Gasteiger partial charge in [-0.1, -0.05) is 48.5 Å². The predicted octanol–water partition coefficient (Wildman–Crippen LogP) is 5.38. The van der Waals surface area contributed by atoms with Crippen LogP contribution < -0.4 is 10.2 Å². The number of carbonyl (C=O) groups excluding carboxylic acids is 1. The number of benzene rings is 2. The van der Waals surface area contributed by atoms with E-state index < -0.39 is 5.82 Å². The first-order valence-electron chi connectivity index (χ1n) is 16.5. The topological polar surface area (TPSA) is 102 Å². The number of amides is 1. The van der Waals surface area contributed by atoms with Crippen molar-refractivity contribution >= 4 is 22.9 Å². The Balaban J connectivity index is 1.15. The number of piperidine rings is 1. The van der Waals surface area contributed by atoms with Crippen molar-refractivity contribution in [3.05, 3.63) is 96.6 Å². The smallest absolute Gasteiger partial charge is 0.236 e. The summed E-state index contributed by atoms with van der Waals surface area (Å²) in [6.45, 7) is 5.92. The lowest BCUT2D eigenvalue weighted by Gasteiger charge is -2.43. The number of quaternary nitrogens is 1. The molecular formula is C37H39FN9O+. The summed E-state index contributed by atoms with van der Waals surface area (Å²) in [7, 11) is 2.33. The van der Waals surface area contributed by atoms with Gasteiger partial charge >= 0.3 is 0 Å². The van der Waals surface area contributed by atoms with Gasteiger partial charge in [-0.25, -0.2) is 18.9 Å². The lowest BCUT2D eigenvalue weighted by molar-refractivity contribution is -0.923. The predicted molar refractivity (Wildman–Crippen MR) is 183 cm³/mol. The summed E-state index contributed by atoms with van der Waals surface area (Å²) in [5, 5.41) is 16.8. The minimum atomic E-state index is -0.546. The zero-order chi connectivity index (χ0) is 33.1. The van der Waals surface area contributed by atoms with E-state index in [1.165, 1.54) is 5.56 Å². The largest absolute Gasteiger partial charge is 0.363 e. The average Bonchev–Trinajstić information content (AvgIpc) is 3.55. The fourth-order valence-electron chi connectivity index (χ4n) is 6.87. The zero-order valence-corrected chi connectivity index (χ0v) is 27.1. The van der Waals surface area contributed by atoms with Crippen LogP contribution in [0.4, 0.5) is 15.9 Å². The maximum Gasteiger partial charge on any atom is 0.236 e. The molecule has 7 rings (SSSR count). The summed E-state index contributed by atoms with van der Waals surface area (Å²) >= 11 is 0. The first kappa shape index (κ1) is 31.3. The molecular weight excluding hydrogens is 605 g/mol. The van der Waals surface area contributed by atoms with Gasteiger partial charge in [0, 0.05) is 42.1 Å². The van der Waals surface area contributed by atoms with Crippen LogP contribution >= 0.6 is 0 Å². The summed E-state index contributed by atoms with van der Waals surface area (Å²) in [6, 6.07) is 26.1. The summed E-state index contributed by atoms with van der Waals surface area (Å²) < 4.78 is 19.1. The Morgan fingerprint density at radius 2 is 1.79 bits per heavy atom. The molecule has 0 saturated carbocycles. The highest BCUT2D eigenvalue weighted by atomic mass is 19.1. The molecule has 10 nitrogen and oxygen atoms in total. The summed E-state index contributed by atoms with van der Waals surface area (Å²) in [5.41, 5.74) is 4.81. The van der Waals surface area contributed by atoms with Crippen LogP contribution in [-0.2, 0) is 11.3 Å². The Kier molecular flexibility index (Phi) is 8.74. The number of carbonyl (C=O) groups is 1. The number of aromatic nitrogens is 4. The van der Waals surface area contributed by atoms with E-state index >= 15 is 4.39 Å². The van der Waals surface area contributed by atoms with Gasteiger partial charge in [0.25, 0.3) is 0 Å². The third-order valence-electron chi connectivity index (χ3n) is 9.60. The monoisotopic (exact) mass is 644 g/mol. The van der Waals surface area contributed by atoms with Crippen LogP contribution in [0.3, 0.4) is 0 Å². The second-order valence-corrected chi connectivity index (χ2v) is 13.0. The molecule has 5 aromatic rings. The van der Waals surface area contributed by atoms with Crippen LogP contribution in [0.25, 0.3) is 28.2 Å². The number of likely N-dealkylation sites (tertiary alicyclic amines) is 1. The van der Waals surface area contributed by atoms with E-state index in [0.29, 0.717) is 30.0 Å². The van der Waals surface area contributed by atoms with Crippen LogP contribution in [0.1, 0.15) is 24.8 Å². The fraction of sp³-hybridized carbons (Fsp3) is 0.324. The number of piperazine rings is 1. The van der Waals surface area contributed by atoms with Crippen LogP contribution in [0, 0.1) is 17.1 Å². The summed E-state index contributed by atoms with van der Waals surface area (Å²) in [5.74, 6) is -0.316. The molecule has 0 aliphatic carbocycles. The van der Waals surface area contributed by atoms with Crippen LogP contribution in [-0.4, -0.2) is 87.2 Å². The molecule has 1 atom stereocenters. The number of hydrogen-bond donors (Lipinski definition) is 1. The van der Waals surface area contributed by atoms with Crippen molar-refractivity contribution in [1.82, 2.24) is 24.5 Å². The van der Waals surface area contributed by atoms with Gasteiger partial charge in [-0.15, -0.1) is 0 Å². The normalized spacial score (nSPS) is 17.6. The van der Waals surface area contributed by atoms with Crippen molar-refractivity contribution in [2.24, 2.45) is 0 Å². The van der Waals surface area contributed by atoms with Gasteiger partial charge in [0.1, 0.15) is 18.7 Å². The Morgan fingerprint density at radius 3 is 2.56 bits per heavy atom. The Morgan fingerprint density at radius 1 is 1.02 bits per heavy atom. The highest BCUT2D eigenvalue weighted by Gasteiger charge is 2.30. The first-order chi connectivity index (χ1) is 23.4. The van der Waals surface area contributed by atoms with Crippen molar-refractivity contribution < 1.29 is 13.7 Å². The molecule has 48 heavy (non-hydrogen) atoms. The molecule has 1 amide bonds. The van der Waals surface area contributed by atoms with Gasteiger partial charge in [0.15, 0.2) is 17.5 Å². The number of likely N-dealkylation sites (N-methyl/N-ethyl adjacent to an activating group) is 1. The van der Waals surface area contributed by atoms with Crippen LogP contribution in [0.15, 0.2) is 85.2 Å². The number of rotatable bonds is 8. The van der Waals surface area contributed by atoms with E-state index in [2.05, 4.69) is 57.7 Å². The van der Waals surface area contributed by atoms with E-state index in [1.54, 1.807) is 15.6 Å². The van der Waals surface area contributed by atoms with Gasteiger partial charge in [-0.2, -0.15) is 10.4 Å². The van der Waals surface area contributed by atoms with E-state index in [4.69, 9.17) is 10.2 Å². The maximum atomic E-state index is 16.4. The SMILES string of the molecule is C[N+]1(Cc2ccccc2)CCN(c2ccc(-c3nc(-c4cnn5ccccc45)nc(N[C@@H]4CCCN(C(=O)CC#N)C4)c3F)cc2)CC1. The van der Waals surface area contributed by atoms with E-state index in [9.17, 15) is 4.79 Å². The number of nitrogens with zero attached hydrogens (tertiary/aromatic N) is 8. The van der Waals surface area contributed by atoms with Gasteiger partial charge < -0.3 is 19.6 Å². The van der Waals surface area contributed by atoms with Crippen LogP contribution in [0.5, 0.6) is 0 Å². The fourth-order valence-corrected chi connectivity index (χ4v) is 6.87. The number of nitriles is 1. The molecule has 244 valence electrons. The standard InChI is InChI=1S/C37H39FN9O/c1-47(26-27-8-3-2-4-9-27)22-20-44(21-23-47)30-14-12-28(13-15-30)35-34(38)37(41-29-10-7-18-45(25-29)33(48)16-17-39)43-36(42-35)31-24-40-46-19-6-5-11-32(31)46/h2-6,8-9,11-15,19,24,29H,7,10,16,18,20-23,25-26H2,1H3,(H,41,42,43)/q+1/t29-/m1/s1. The highest BCUT2D eigenvalue weighted by Crippen LogP contribution is 2.32. The van der Waals surface area contributed by atoms with E-state index in [0.717, 1.165) is 61.3 Å². The number of pyridine rings is 1. The van der Waals surface area contributed by atoms with Gasteiger partial charge in [0.05, 0.1) is 56.6 Å². The van der Waals surface area contributed by atoms with E-state index in [1.807, 2.05) is 54.7 Å². The molecule has 11 heteroatoms. The average molecular weight is 645 g/mol. The molecule has 0 spiro atoms. The molecule has 5 heterocycles. The number of fused-ring (bicyclic) bond motifs is 1. The van der Waals surface area contributed by atoms with E-state index in [-0.39, 0.29) is 29.9 Å². The Hall–Kier alpha value is -5.34. The molecule has 2 fully saturated rings. The minimum absolute atomic E-state index is 0.0837. The number of anilines is 2. The first-order valence-corrected chi connectivity index (χ1v) is 16.5. The lowest BCUT2D eigenvalue weighted by atomic mass is 10.0. The zero-order valence-electron chi connectivity index (χ0n) is 27.1. The third kappa shape index (κ3) is 6.57. The molecule has 1 N–H and O–H groups in total. The molecule has 2 saturated heterocycles. The second kappa shape index (κ2) is 13.4. The van der Waals surface area contributed by atoms with Crippen molar-refractivity contribution in [2.45, 2.75) is 31.8 Å². The molecule has 2 aliphatic rings. The van der Waals surface area contributed by atoms with Crippen molar-refractivity contribution in [2.75, 3.05) is 56.5 Å². The lowest BCUT2D eigenvalue weighted by Crippen LogP contribution is -2.56. The van der Waals surface area contributed by atoms with Crippen molar-refractivity contribution in [3.63, 3.8) is 0 Å². The van der Waals surface area contributed by atoms with Crippen molar-refractivity contribution in [3.8, 4) is 28.7 Å². The molecule has 2 aromatic carbocycles. The minimum Gasteiger partial charge on any atom is -0.363 e. The molecule has 3 aromatic heterocycles. The number of halogens is 1. The van der Waals surface area contributed by atoms with Gasteiger partial charge in [-0.05, 0) is 37.1 Å². The second-order valence-electron chi connectivity index (χ2n) is 13.0. The summed E-state index contributed by atoms with van der Waals surface area (Å²) in [6.07, 6.45) is 4.87. The molecule has 0 bridgehead atoms. The molecule has 0 radical (unpaired) electrons. The third-order valence-corrected chi connectivity index (χ3v) is 9.60. The number of nitrogens with one attached hydrogen (secondary N) is 1. The van der Waals surface area contributed by atoms with Gasteiger partial charge in [0.2, 0.25) is 5.91 Å².